The van der Waals surface area contributed by atoms with Crippen molar-refractivity contribution in [3.63, 3.8) is 0 Å². The average molecular weight is 332 g/mol. The SMILES string of the molecule is CC(CBr)NS(=O)(=O)c1c(F)cc(F)cc1F. The second kappa shape index (κ2) is 5.36. The van der Waals surface area contributed by atoms with E-state index in [4.69, 9.17) is 0 Å². The fraction of sp³-hybridized carbons (Fsp3) is 0.333. The van der Waals surface area contributed by atoms with Crippen molar-refractivity contribution in [1.82, 2.24) is 4.72 Å². The van der Waals surface area contributed by atoms with Gasteiger partial charge in [-0.15, -0.1) is 0 Å². The van der Waals surface area contributed by atoms with E-state index in [0.717, 1.165) is 0 Å². The highest BCUT2D eigenvalue weighted by atomic mass is 79.9. The second-order valence-corrected chi connectivity index (χ2v) is 5.67. The molecule has 8 heteroatoms. The predicted octanol–water partition coefficient (Wildman–Crippen LogP) is 2.17. The molecule has 0 spiro atoms. The molecule has 0 bridgehead atoms. The summed E-state index contributed by atoms with van der Waals surface area (Å²) >= 11 is 3.01. The molecule has 1 N–H and O–H groups in total. The van der Waals surface area contributed by atoms with Gasteiger partial charge in [0.15, 0.2) is 4.90 Å². The van der Waals surface area contributed by atoms with E-state index in [-0.39, 0.29) is 5.33 Å². The van der Waals surface area contributed by atoms with Crippen LogP contribution in [0.5, 0.6) is 0 Å². The van der Waals surface area contributed by atoms with Gasteiger partial charge in [0.25, 0.3) is 0 Å². The van der Waals surface area contributed by atoms with Crippen LogP contribution in [0.4, 0.5) is 13.2 Å². The first-order chi connectivity index (χ1) is 7.77. The Morgan fingerprint density at radius 1 is 1.29 bits per heavy atom. The predicted molar refractivity (Wildman–Crippen MR) is 59.9 cm³/mol. The lowest BCUT2D eigenvalue weighted by Crippen LogP contribution is -2.34. The highest BCUT2D eigenvalue weighted by molar-refractivity contribution is 9.09. The standard InChI is InChI=1S/C9H9BrF3NO2S/c1-5(4-10)14-17(15,16)9-7(12)2-6(11)3-8(9)13/h2-3,5,14H,4H2,1H3. The van der Waals surface area contributed by atoms with Crippen LogP contribution in [0.25, 0.3) is 0 Å². The van der Waals surface area contributed by atoms with E-state index in [1.165, 1.54) is 6.92 Å². The number of hydrogen-bond acceptors (Lipinski definition) is 2. The highest BCUT2D eigenvalue weighted by Crippen LogP contribution is 2.20. The van der Waals surface area contributed by atoms with Gasteiger partial charge in [-0.25, -0.2) is 26.3 Å². The van der Waals surface area contributed by atoms with Gasteiger partial charge in [-0.05, 0) is 6.92 Å². The lowest BCUT2D eigenvalue weighted by Gasteiger charge is -2.12. The summed E-state index contributed by atoms with van der Waals surface area (Å²) in [7, 11) is -4.35. The summed E-state index contributed by atoms with van der Waals surface area (Å²) in [5.41, 5.74) is 0. The maximum atomic E-state index is 13.3. The van der Waals surface area contributed by atoms with E-state index in [9.17, 15) is 21.6 Å². The first-order valence-corrected chi connectivity index (χ1v) is 7.11. The van der Waals surface area contributed by atoms with Crippen LogP contribution in [0.1, 0.15) is 6.92 Å². The van der Waals surface area contributed by atoms with Gasteiger partial charge in [-0.1, -0.05) is 15.9 Å². The van der Waals surface area contributed by atoms with Gasteiger partial charge < -0.3 is 0 Å². The molecule has 1 atom stereocenters. The van der Waals surface area contributed by atoms with Gasteiger partial charge in [0.05, 0.1) is 0 Å². The van der Waals surface area contributed by atoms with E-state index in [0.29, 0.717) is 12.1 Å². The number of nitrogens with one attached hydrogen (secondary N) is 1. The summed E-state index contributed by atoms with van der Waals surface area (Å²) < 4.78 is 64.4. The smallest absolute Gasteiger partial charge is 0.207 e. The molecule has 1 unspecified atom stereocenters. The van der Waals surface area contributed by atoms with E-state index < -0.39 is 38.4 Å². The van der Waals surface area contributed by atoms with Crippen molar-refractivity contribution in [2.75, 3.05) is 5.33 Å². The minimum absolute atomic E-state index is 0.274. The molecular weight excluding hydrogens is 323 g/mol. The van der Waals surface area contributed by atoms with Gasteiger partial charge in [0.2, 0.25) is 10.0 Å². The fourth-order valence-corrected chi connectivity index (χ4v) is 2.88. The highest BCUT2D eigenvalue weighted by Gasteiger charge is 2.26. The van der Waals surface area contributed by atoms with Gasteiger partial charge in [-0.2, -0.15) is 0 Å². The Morgan fingerprint density at radius 2 is 1.76 bits per heavy atom. The Hall–Kier alpha value is -0.600. The van der Waals surface area contributed by atoms with E-state index in [2.05, 4.69) is 15.9 Å². The average Bonchev–Trinajstić information content (AvgIpc) is 2.14. The molecule has 0 aliphatic rings. The van der Waals surface area contributed by atoms with Crippen molar-refractivity contribution >= 4 is 26.0 Å². The molecule has 1 aromatic carbocycles. The number of hydrogen-bond donors (Lipinski definition) is 1. The molecule has 0 radical (unpaired) electrons. The van der Waals surface area contributed by atoms with Gasteiger partial charge in [0, 0.05) is 23.5 Å². The molecule has 0 saturated heterocycles. The molecule has 1 aromatic rings. The topological polar surface area (TPSA) is 46.2 Å². The number of alkyl halides is 1. The van der Waals surface area contributed by atoms with Crippen molar-refractivity contribution in [1.29, 1.82) is 0 Å². The fourth-order valence-electron chi connectivity index (χ4n) is 1.14. The zero-order valence-electron chi connectivity index (χ0n) is 8.68. The van der Waals surface area contributed by atoms with Gasteiger partial charge >= 0.3 is 0 Å². The van der Waals surface area contributed by atoms with Crippen LogP contribution in [0.3, 0.4) is 0 Å². The van der Waals surface area contributed by atoms with E-state index in [1.807, 2.05) is 4.72 Å². The lowest BCUT2D eigenvalue weighted by atomic mass is 10.3. The Morgan fingerprint density at radius 3 is 2.18 bits per heavy atom. The normalized spacial score (nSPS) is 13.7. The molecule has 96 valence electrons. The third kappa shape index (κ3) is 3.43. The Balaban J connectivity index is 3.25. The van der Waals surface area contributed by atoms with Gasteiger partial charge in [0.1, 0.15) is 17.5 Å². The molecule has 0 aliphatic carbocycles. The quantitative estimate of drug-likeness (QED) is 0.859. The molecule has 0 heterocycles. The van der Waals surface area contributed by atoms with Crippen molar-refractivity contribution in [2.24, 2.45) is 0 Å². The Bertz CT molecular complexity index is 498. The summed E-state index contributed by atoms with van der Waals surface area (Å²) in [6.07, 6.45) is 0. The summed E-state index contributed by atoms with van der Waals surface area (Å²) in [6.45, 7) is 1.51. The number of sulfonamides is 1. The Labute approximate surface area is 105 Å². The summed E-state index contributed by atoms with van der Waals surface area (Å²) in [6, 6.07) is 0.0798. The van der Waals surface area contributed by atoms with Crippen LogP contribution in [-0.2, 0) is 10.0 Å². The van der Waals surface area contributed by atoms with Crippen molar-refractivity contribution in [3.8, 4) is 0 Å². The largest absolute Gasteiger partial charge is 0.246 e. The lowest BCUT2D eigenvalue weighted by molar-refractivity contribution is 0.492. The maximum absolute atomic E-state index is 13.3. The van der Waals surface area contributed by atoms with Crippen LogP contribution < -0.4 is 4.72 Å². The molecule has 0 saturated carbocycles. The molecule has 0 amide bonds. The maximum Gasteiger partial charge on any atom is 0.246 e. The van der Waals surface area contributed by atoms with Crippen molar-refractivity contribution in [2.45, 2.75) is 17.9 Å². The third-order valence-electron chi connectivity index (χ3n) is 1.82. The summed E-state index contributed by atoms with van der Waals surface area (Å²) in [5.74, 6) is -4.10. The summed E-state index contributed by atoms with van der Waals surface area (Å²) in [5, 5.41) is 0.274. The van der Waals surface area contributed by atoms with Crippen molar-refractivity contribution in [3.05, 3.63) is 29.6 Å². The first-order valence-electron chi connectivity index (χ1n) is 4.50. The molecule has 0 fully saturated rings. The van der Waals surface area contributed by atoms with Crippen LogP contribution >= 0.6 is 15.9 Å². The molecule has 1 rings (SSSR count). The molecule has 17 heavy (non-hydrogen) atoms. The van der Waals surface area contributed by atoms with E-state index >= 15 is 0 Å². The Kier molecular flexibility index (Phi) is 4.56. The number of halogens is 4. The summed E-state index contributed by atoms with van der Waals surface area (Å²) in [4.78, 5) is -1.17. The van der Waals surface area contributed by atoms with Crippen LogP contribution in [0, 0.1) is 17.5 Å². The molecule has 0 aliphatic heterocycles. The number of benzene rings is 1. The number of rotatable bonds is 4. The molecule has 3 nitrogen and oxygen atoms in total. The zero-order chi connectivity index (χ0) is 13.2. The second-order valence-electron chi connectivity index (χ2n) is 3.38. The van der Waals surface area contributed by atoms with Crippen LogP contribution in [0.15, 0.2) is 17.0 Å². The monoisotopic (exact) mass is 331 g/mol. The van der Waals surface area contributed by atoms with E-state index in [1.54, 1.807) is 0 Å². The van der Waals surface area contributed by atoms with Crippen LogP contribution in [-0.4, -0.2) is 19.8 Å². The molecule has 0 aromatic heterocycles. The minimum atomic E-state index is -4.35. The van der Waals surface area contributed by atoms with Crippen molar-refractivity contribution < 1.29 is 21.6 Å². The molecular formula is C9H9BrF3NO2S. The zero-order valence-corrected chi connectivity index (χ0v) is 11.1. The third-order valence-corrected chi connectivity index (χ3v) is 4.43. The van der Waals surface area contributed by atoms with Gasteiger partial charge in [-0.3, -0.25) is 0 Å². The van der Waals surface area contributed by atoms with Crippen LogP contribution in [0.2, 0.25) is 0 Å². The first kappa shape index (κ1) is 14.5. The minimum Gasteiger partial charge on any atom is -0.207 e.